The Morgan fingerprint density at radius 3 is 2.57 bits per heavy atom. The highest BCUT2D eigenvalue weighted by atomic mass is 79.9. The maximum Gasteiger partial charge on any atom is 0.160 e. The molecule has 0 amide bonds. The highest BCUT2D eigenvalue weighted by Gasteiger charge is 2.27. The Labute approximate surface area is 133 Å². The standard InChI is InChI=1S/C16H18BrN3O/c1-10-8-9-12(21-10)15-19-14(11-6-4-3-5-7-11)13(17)16(18-2)20-15/h3-7,10,12H,8-9H2,1-2H3,(H,18,19,20). The van der Waals surface area contributed by atoms with Crippen LogP contribution in [0, 0.1) is 0 Å². The van der Waals surface area contributed by atoms with Crippen molar-refractivity contribution < 1.29 is 4.74 Å². The highest BCUT2D eigenvalue weighted by molar-refractivity contribution is 9.10. The van der Waals surface area contributed by atoms with Crippen LogP contribution in [0.15, 0.2) is 34.8 Å². The fourth-order valence-electron chi connectivity index (χ4n) is 2.55. The molecular weight excluding hydrogens is 330 g/mol. The van der Waals surface area contributed by atoms with Crippen LogP contribution in [0.4, 0.5) is 5.82 Å². The summed E-state index contributed by atoms with van der Waals surface area (Å²) in [6, 6.07) is 10.1. The van der Waals surface area contributed by atoms with Crippen molar-refractivity contribution in [1.82, 2.24) is 9.97 Å². The Balaban J connectivity index is 2.07. The van der Waals surface area contributed by atoms with Gasteiger partial charge in [-0.15, -0.1) is 0 Å². The molecule has 21 heavy (non-hydrogen) atoms. The maximum atomic E-state index is 5.91. The summed E-state index contributed by atoms with van der Waals surface area (Å²) in [6.07, 6.45) is 2.29. The van der Waals surface area contributed by atoms with Gasteiger partial charge in [0.1, 0.15) is 11.9 Å². The summed E-state index contributed by atoms with van der Waals surface area (Å²) in [5.74, 6) is 1.55. The zero-order valence-electron chi connectivity index (χ0n) is 12.1. The SMILES string of the molecule is CNc1nc(C2CCC(C)O2)nc(-c2ccccc2)c1Br. The van der Waals surface area contributed by atoms with Crippen LogP contribution in [-0.4, -0.2) is 23.1 Å². The molecular formula is C16H18BrN3O. The lowest BCUT2D eigenvalue weighted by Gasteiger charge is -2.15. The Morgan fingerprint density at radius 1 is 1.19 bits per heavy atom. The summed E-state index contributed by atoms with van der Waals surface area (Å²) in [4.78, 5) is 9.34. The van der Waals surface area contributed by atoms with Gasteiger partial charge in [0.05, 0.1) is 16.3 Å². The predicted molar refractivity (Wildman–Crippen MR) is 87.2 cm³/mol. The Kier molecular flexibility index (Phi) is 4.22. The van der Waals surface area contributed by atoms with Gasteiger partial charge in [0.25, 0.3) is 0 Å². The minimum atomic E-state index is -0.0114. The van der Waals surface area contributed by atoms with Crippen LogP contribution in [0.2, 0.25) is 0 Å². The number of nitrogens with one attached hydrogen (secondary N) is 1. The number of hydrogen-bond acceptors (Lipinski definition) is 4. The molecule has 1 aliphatic rings. The Hall–Kier alpha value is -1.46. The minimum absolute atomic E-state index is 0.0114. The highest BCUT2D eigenvalue weighted by Crippen LogP contribution is 2.36. The molecule has 1 aromatic heterocycles. The molecule has 0 spiro atoms. The molecule has 1 N–H and O–H groups in total. The molecule has 110 valence electrons. The van der Waals surface area contributed by atoms with Gasteiger partial charge in [-0.2, -0.15) is 0 Å². The van der Waals surface area contributed by atoms with E-state index in [2.05, 4.69) is 45.3 Å². The largest absolute Gasteiger partial charge is 0.372 e. The normalized spacial score (nSPS) is 21.5. The van der Waals surface area contributed by atoms with Crippen molar-refractivity contribution in [3.05, 3.63) is 40.6 Å². The van der Waals surface area contributed by atoms with E-state index in [9.17, 15) is 0 Å². The van der Waals surface area contributed by atoms with E-state index in [1.54, 1.807) is 0 Å². The third-order valence-corrected chi connectivity index (χ3v) is 4.42. The number of ether oxygens (including phenoxy) is 1. The van der Waals surface area contributed by atoms with Crippen molar-refractivity contribution in [2.75, 3.05) is 12.4 Å². The van der Waals surface area contributed by atoms with Crippen LogP contribution in [0.5, 0.6) is 0 Å². The Bertz CT molecular complexity index is 633. The first kappa shape index (κ1) is 14.5. The van der Waals surface area contributed by atoms with Crippen LogP contribution in [-0.2, 0) is 4.74 Å². The van der Waals surface area contributed by atoms with E-state index in [4.69, 9.17) is 9.72 Å². The third kappa shape index (κ3) is 2.94. The first-order valence-corrected chi connectivity index (χ1v) is 7.94. The van der Waals surface area contributed by atoms with Crippen LogP contribution < -0.4 is 5.32 Å². The maximum absolute atomic E-state index is 5.91. The lowest BCUT2D eigenvalue weighted by molar-refractivity contribution is 0.0504. The first-order chi connectivity index (χ1) is 10.2. The van der Waals surface area contributed by atoms with Crippen molar-refractivity contribution in [2.45, 2.75) is 32.0 Å². The van der Waals surface area contributed by atoms with Gasteiger partial charge in [-0.1, -0.05) is 30.3 Å². The van der Waals surface area contributed by atoms with Crippen molar-refractivity contribution in [3.63, 3.8) is 0 Å². The molecule has 2 heterocycles. The van der Waals surface area contributed by atoms with E-state index in [0.717, 1.165) is 40.2 Å². The van der Waals surface area contributed by atoms with Gasteiger partial charge in [0, 0.05) is 12.6 Å². The van der Waals surface area contributed by atoms with Gasteiger partial charge in [-0.25, -0.2) is 9.97 Å². The van der Waals surface area contributed by atoms with E-state index in [1.807, 2.05) is 25.2 Å². The molecule has 2 atom stereocenters. The number of nitrogens with zero attached hydrogens (tertiary/aromatic N) is 2. The summed E-state index contributed by atoms with van der Waals surface area (Å²) >= 11 is 3.60. The minimum Gasteiger partial charge on any atom is -0.372 e. The second-order valence-corrected chi connectivity index (χ2v) is 6.01. The number of hydrogen-bond donors (Lipinski definition) is 1. The first-order valence-electron chi connectivity index (χ1n) is 7.15. The number of rotatable bonds is 3. The molecule has 4 nitrogen and oxygen atoms in total. The molecule has 1 aliphatic heterocycles. The number of benzene rings is 1. The zero-order valence-corrected chi connectivity index (χ0v) is 13.7. The Morgan fingerprint density at radius 2 is 1.95 bits per heavy atom. The fraction of sp³-hybridized carbons (Fsp3) is 0.375. The molecule has 2 unspecified atom stereocenters. The third-order valence-electron chi connectivity index (χ3n) is 3.67. The van der Waals surface area contributed by atoms with Crippen LogP contribution >= 0.6 is 15.9 Å². The molecule has 1 aromatic carbocycles. The van der Waals surface area contributed by atoms with Gasteiger partial charge >= 0.3 is 0 Å². The average Bonchev–Trinajstić information content (AvgIpc) is 2.95. The molecule has 5 heteroatoms. The lowest BCUT2D eigenvalue weighted by atomic mass is 10.1. The zero-order chi connectivity index (χ0) is 14.8. The molecule has 0 radical (unpaired) electrons. The second kappa shape index (κ2) is 6.12. The number of aromatic nitrogens is 2. The van der Waals surface area contributed by atoms with E-state index in [1.165, 1.54) is 0 Å². The summed E-state index contributed by atoms with van der Waals surface area (Å²) in [5.41, 5.74) is 1.96. The van der Waals surface area contributed by atoms with Crippen molar-refractivity contribution in [2.24, 2.45) is 0 Å². The predicted octanol–water partition coefficient (Wildman–Crippen LogP) is 4.19. The van der Waals surface area contributed by atoms with E-state index in [-0.39, 0.29) is 12.2 Å². The van der Waals surface area contributed by atoms with Gasteiger partial charge in [0.15, 0.2) is 5.82 Å². The van der Waals surface area contributed by atoms with Crippen molar-refractivity contribution in [1.29, 1.82) is 0 Å². The van der Waals surface area contributed by atoms with Crippen LogP contribution in [0.25, 0.3) is 11.3 Å². The van der Waals surface area contributed by atoms with Crippen molar-refractivity contribution >= 4 is 21.7 Å². The quantitative estimate of drug-likeness (QED) is 0.904. The molecule has 0 bridgehead atoms. The van der Waals surface area contributed by atoms with Gasteiger partial charge in [-0.3, -0.25) is 0 Å². The topological polar surface area (TPSA) is 47.0 Å². The van der Waals surface area contributed by atoms with Gasteiger partial charge in [0.2, 0.25) is 0 Å². The number of halogens is 1. The average molecular weight is 348 g/mol. The van der Waals surface area contributed by atoms with Gasteiger partial charge < -0.3 is 10.1 Å². The van der Waals surface area contributed by atoms with Crippen LogP contribution in [0.3, 0.4) is 0 Å². The summed E-state index contributed by atoms with van der Waals surface area (Å²) in [6.45, 7) is 2.09. The molecule has 2 aromatic rings. The molecule has 1 fully saturated rings. The summed E-state index contributed by atoms with van der Waals surface area (Å²) in [7, 11) is 1.86. The fourth-order valence-corrected chi connectivity index (χ4v) is 3.16. The monoisotopic (exact) mass is 347 g/mol. The molecule has 0 saturated carbocycles. The molecule has 1 saturated heterocycles. The number of anilines is 1. The second-order valence-electron chi connectivity index (χ2n) is 5.22. The smallest absolute Gasteiger partial charge is 0.160 e. The van der Waals surface area contributed by atoms with Crippen molar-refractivity contribution in [3.8, 4) is 11.3 Å². The summed E-state index contributed by atoms with van der Waals surface area (Å²) in [5, 5.41) is 3.13. The van der Waals surface area contributed by atoms with Gasteiger partial charge in [-0.05, 0) is 35.7 Å². The van der Waals surface area contributed by atoms with E-state index >= 15 is 0 Å². The summed E-state index contributed by atoms with van der Waals surface area (Å²) < 4.78 is 6.79. The van der Waals surface area contributed by atoms with E-state index < -0.39 is 0 Å². The van der Waals surface area contributed by atoms with Crippen LogP contribution in [0.1, 0.15) is 31.7 Å². The van der Waals surface area contributed by atoms with E-state index in [0.29, 0.717) is 0 Å². The lowest BCUT2D eigenvalue weighted by Crippen LogP contribution is -2.09. The molecule has 0 aliphatic carbocycles. The molecule has 3 rings (SSSR count).